The predicted octanol–water partition coefficient (Wildman–Crippen LogP) is 4.34. The van der Waals surface area contributed by atoms with E-state index in [9.17, 15) is 20.0 Å². The third-order valence-electron chi connectivity index (χ3n) is 3.95. The number of azo groups is 1. The average molecular weight is 384 g/mol. The molecule has 138 valence electrons. The van der Waals surface area contributed by atoms with Crippen molar-refractivity contribution in [1.29, 1.82) is 0 Å². The van der Waals surface area contributed by atoms with Crippen LogP contribution in [0.15, 0.2) is 58.8 Å². The molecule has 0 fully saturated rings. The summed E-state index contributed by atoms with van der Waals surface area (Å²) in [7, 11) is 1.71. The normalized spacial score (nSPS) is 11.3. The van der Waals surface area contributed by atoms with Crippen molar-refractivity contribution < 1.29 is 14.8 Å². The molecule has 1 N–H and O–H groups in total. The van der Waals surface area contributed by atoms with Crippen LogP contribution in [0.3, 0.4) is 0 Å². The Balaban J connectivity index is 1.60. The summed E-state index contributed by atoms with van der Waals surface area (Å²) in [6.45, 7) is 0. The number of rotatable bonds is 6. The summed E-state index contributed by atoms with van der Waals surface area (Å²) in [5, 5.41) is 29.1. The molecule has 8 nitrogen and oxygen atoms in total. The quantitative estimate of drug-likeness (QED) is 0.386. The van der Waals surface area contributed by atoms with Crippen molar-refractivity contribution in [2.24, 2.45) is 17.3 Å². The second-order valence-electron chi connectivity index (χ2n) is 5.76. The van der Waals surface area contributed by atoms with Crippen molar-refractivity contribution in [3.8, 4) is 5.88 Å². The van der Waals surface area contributed by atoms with Gasteiger partial charge in [0.15, 0.2) is 5.69 Å². The van der Waals surface area contributed by atoms with Gasteiger partial charge in [-0.15, -0.1) is 22.0 Å². The van der Waals surface area contributed by atoms with Gasteiger partial charge >= 0.3 is 0 Å². The second kappa shape index (κ2) is 8.00. The van der Waals surface area contributed by atoms with Crippen LogP contribution in [0.1, 0.15) is 5.56 Å². The third-order valence-corrected chi connectivity index (χ3v) is 4.94. The van der Waals surface area contributed by atoms with Crippen LogP contribution < -0.4 is 0 Å². The van der Waals surface area contributed by atoms with Gasteiger partial charge in [0.05, 0.1) is 16.2 Å². The first-order valence-corrected chi connectivity index (χ1v) is 9.15. The zero-order chi connectivity index (χ0) is 19.4. The van der Waals surface area contributed by atoms with E-state index >= 15 is 0 Å². The molecule has 27 heavy (non-hydrogen) atoms. The number of non-ortho nitro benzene ring substituents is 1. The van der Waals surface area contributed by atoms with Crippen LogP contribution in [0.5, 0.6) is 5.88 Å². The highest BCUT2D eigenvalue weighted by molar-refractivity contribution is 7.99. The summed E-state index contributed by atoms with van der Waals surface area (Å²) in [6.07, 6.45) is 0. The molecule has 0 aliphatic heterocycles. The number of carbonyl (C=O) groups excluding carboxylic acids is 1. The zero-order valence-corrected chi connectivity index (χ0v) is 15.2. The van der Waals surface area contributed by atoms with E-state index in [1.807, 2.05) is 18.2 Å². The zero-order valence-electron chi connectivity index (χ0n) is 14.4. The van der Waals surface area contributed by atoms with Crippen LogP contribution in [0.2, 0.25) is 0 Å². The lowest BCUT2D eigenvalue weighted by molar-refractivity contribution is -0.384. The number of carbonyl (C=O) groups is 1. The Morgan fingerprint density at radius 3 is 2.63 bits per heavy atom. The van der Waals surface area contributed by atoms with Gasteiger partial charge in [-0.3, -0.25) is 14.9 Å². The van der Waals surface area contributed by atoms with Gasteiger partial charge in [-0.2, -0.15) is 0 Å². The lowest BCUT2D eigenvalue weighted by Crippen LogP contribution is -1.96. The van der Waals surface area contributed by atoms with Gasteiger partial charge in [-0.25, -0.2) is 0 Å². The van der Waals surface area contributed by atoms with Crippen molar-refractivity contribution in [2.75, 3.05) is 5.75 Å². The van der Waals surface area contributed by atoms with Crippen molar-refractivity contribution in [3.05, 3.63) is 64.2 Å². The van der Waals surface area contributed by atoms with E-state index in [2.05, 4.69) is 10.2 Å². The lowest BCUT2D eigenvalue weighted by Gasteiger charge is -1.99. The largest absolute Gasteiger partial charge is 0.493 e. The number of nitro groups is 1. The number of aromatic hydroxyl groups is 1. The number of para-hydroxylation sites is 1. The number of thioether (sulfide) groups is 1. The van der Waals surface area contributed by atoms with Gasteiger partial charge in [0, 0.05) is 30.3 Å². The van der Waals surface area contributed by atoms with Gasteiger partial charge in [0.2, 0.25) is 5.88 Å². The van der Waals surface area contributed by atoms with Crippen molar-refractivity contribution in [2.45, 2.75) is 5.75 Å². The van der Waals surface area contributed by atoms with Gasteiger partial charge in [-0.05, 0) is 11.6 Å². The summed E-state index contributed by atoms with van der Waals surface area (Å²) < 4.78 is 1.58. The smallest absolute Gasteiger partial charge is 0.274 e. The Hall–Kier alpha value is -3.20. The van der Waals surface area contributed by atoms with Crippen LogP contribution in [-0.4, -0.2) is 26.3 Å². The Labute approximate surface area is 158 Å². The lowest BCUT2D eigenvalue weighted by atomic mass is 10.2. The number of hydrogen-bond acceptors (Lipinski definition) is 6. The molecule has 2 aromatic carbocycles. The number of aromatic nitrogens is 1. The highest BCUT2D eigenvalue weighted by atomic mass is 32.2. The number of amides is 1. The van der Waals surface area contributed by atoms with E-state index < -0.39 is 10.8 Å². The van der Waals surface area contributed by atoms with Crippen LogP contribution >= 0.6 is 11.8 Å². The van der Waals surface area contributed by atoms with E-state index in [-0.39, 0.29) is 23.0 Å². The first-order valence-electron chi connectivity index (χ1n) is 7.99. The van der Waals surface area contributed by atoms with Crippen molar-refractivity contribution in [1.82, 2.24) is 4.57 Å². The molecule has 1 heterocycles. The first-order chi connectivity index (χ1) is 13.0. The number of hydrogen-bond donors (Lipinski definition) is 1. The Morgan fingerprint density at radius 1 is 1.22 bits per heavy atom. The molecule has 0 spiro atoms. The van der Waals surface area contributed by atoms with Gasteiger partial charge in [0.1, 0.15) is 0 Å². The van der Waals surface area contributed by atoms with Gasteiger partial charge in [-0.1, -0.05) is 30.3 Å². The highest BCUT2D eigenvalue weighted by Gasteiger charge is 2.14. The molecule has 0 saturated heterocycles. The molecular weight excluding hydrogens is 368 g/mol. The summed E-state index contributed by atoms with van der Waals surface area (Å²) in [4.78, 5) is 22.1. The number of aryl methyl sites for hydroxylation is 1. The molecule has 0 unspecified atom stereocenters. The monoisotopic (exact) mass is 384 g/mol. The van der Waals surface area contributed by atoms with E-state index in [4.69, 9.17) is 0 Å². The predicted molar refractivity (Wildman–Crippen MR) is 103 cm³/mol. The minimum Gasteiger partial charge on any atom is -0.493 e. The minimum absolute atomic E-state index is 0.0310. The van der Waals surface area contributed by atoms with Crippen molar-refractivity contribution in [3.63, 3.8) is 0 Å². The summed E-state index contributed by atoms with van der Waals surface area (Å²) in [5.74, 6) is 0.172. The molecule has 3 aromatic rings. The highest BCUT2D eigenvalue weighted by Crippen LogP contribution is 2.37. The fraction of sp³-hybridized carbons (Fsp3) is 0.167. The number of benzene rings is 2. The maximum Gasteiger partial charge on any atom is 0.274 e. The molecule has 1 aromatic heterocycles. The standard InChI is InChI=1S/C18H16N4O4S/c1-21-15-5-3-2-4-14(15)17(18(21)24)20-19-16(23)11-27-10-12-6-8-13(9-7-12)22(25)26/h2-9,24H,10-11H2,1H3. The Morgan fingerprint density at radius 2 is 1.93 bits per heavy atom. The molecule has 0 saturated carbocycles. The first kappa shape index (κ1) is 18.6. The fourth-order valence-electron chi connectivity index (χ4n) is 2.56. The fourth-order valence-corrected chi connectivity index (χ4v) is 3.33. The van der Waals surface area contributed by atoms with Crippen LogP contribution in [0.4, 0.5) is 11.4 Å². The molecule has 0 bridgehead atoms. The number of nitrogens with zero attached hydrogens (tertiary/aromatic N) is 4. The Bertz CT molecular complexity index is 1030. The maximum atomic E-state index is 11.9. The molecule has 0 radical (unpaired) electrons. The molecular formula is C18H16N4O4S. The molecule has 0 aliphatic rings. The number of fused-ring (bicyclic) bond motifs is 1. The SMILES string of the molecule is Cn1c(O)c(N=NC(=O)CSCc2ccc([N+](=O)[O-])cc2)c2ccccc21. The average Bonchev–Trinajstić information content (AvgIpc) is 2.91. The molecule has 1 amide bonds. The third kappa shape index (κ3) is 4.14. The van der Waals surface area contributed by atoms with E-state index in [1.54, 1.807) is 29.8 Å². The van der Waals surface area contributed by atoms with Crippen molar-refractivity contribution >= 4 is 39.9 Å². The van der Waals surface area contributed by atoms with E-state index in [0.717, 1.165) is 11.1 Å². The summed E-state index contributed by atoms with van der Waals surface area (Å²) in [6, 6.07) is 13.5. The molecule has 0 aliphatic carbocycles. The number of nitro benzene ring substituents is 1. The Kier molecular flexibility index (Phi) is 5.51. The summed E-state index contributed by atoms with van der Waals surface area (Å²) >= 11 is 1.34. The van der Waals surface area contributed by atoms with Gasteiger partial charge in [0.25, 0.3) is 11.6 Å². The molecule has 0 atom stereocenters. The maximum absolute atomic E-state index is 11.9. The van der Waals surface area contributed by atoms with E-state index in [0.29, 0.717) is 11.1 Å². The second-order valence-corrected chi connectivity index (χ2v) is 6.74. The van der Waals surface area contributed by atoms with E-state index in [1.165, 1.54) is 23.9 Å². The molecule has 9 heteroatoms. The topological polar surface area (TPSA) is 110 Å². The van der Waals surface area contributed by atoms with Gasteiger partial charge < -0.3 is 9.67 Å². The van der Waals surface area contributed by atoms with Crippen LogP contribution in [0.25, 0.3) is 10.9 Å². The summed E-state index contributed by atoms with van der Waals surface area (Å²) in [5.41, 5.74) is 1.97. The van der Waals surface area contributed by atoms with Crippen LogP contribution in [0, 0.1) is 10.1 Å². The van der Waals surface area contributed by atoms with Crippen LogP contribution in [-0.2, 0) is 17.6 Å². The minimum atomic E-state index is -0.455. The molecule has 3 rings (SSSR count).